The van der Waals surface area contributed by atoms with E-state index in [1.165, 1.54) is 72.8 Å². The molecule has 2 aromatic rings. The van der Waals surface area contributed by atoms with Crippen molar-refractivity contribution in [3.63, 3.8) is 0 Å². The lowest BCUT2D eigenvalue weighted by atomic mass is 10.0. The molecule has 112 valence electrons. The lowest BCUT2D eigenvalue weighted by Crippen LogP contribution is -2.03. The number of fused-ring (bicyclic) bond motifs is 1. The summed E-state index contributed by atoms with van der Waals surface area (Å²) in [4.78, 5) is 1.59. The Balaban J connectivity index is 1.71. The summed E-state index contributed by atoms with van der Waals surface area (Å²) in [5.74, 6) is 2.84. The third kappa shape index (κ3) is 3.83. The Morgan fingerprint density at radius 3 is 2.43 bits per heavy atom. The van der Waals surface area contributed by atoms with E-state index >= 15 is 0 Å². The van der Waals surface area contributed by atoms with Gasteiger partial charge in [-0.1, -0.05) is 44.4 Å². The lowest BCUT2D eigenvalue weighted by Gasteiger charge is -2.06. The SMILES string of the molecule is CCCCCCc1ccc2cc([S+]3CCCC3)ccc2c1. The number of unbranched alkanes of at least 4 members (excludes halogenated alkanes) is 3. The van der Waals surface area contributed by atoms with Gasteiger partial charge in [0.1, 0.15) is 11.5 Å². The minimum Gasteiger partial charge on any atom is -0.0654 e. The van der Waals surface area contributed by atoms with E-state index in [-0.39, 0.29) is 0 Å². The van der Waals surface area contributed by atoms with Crippen LogP contribution in [-0.4, -0.2) is 11.5 Å². The molecule has 1 heterocycles. The molecule has 0 radical (unpaired) electrons. The minimum atomic E-state index is 0.541. The van der Waals surface area contributed by atoms with Crippen LogP contribution < -0.4 is 0 Å². The zero-order valence-corrected chi connectivity index (χ0v) is 14.1. The molecule has 0 aromatic heterocycles. The fourth-order valence-electron chi connectivity index (χ4n) is 3.25. The van der Waals surface area contributed by atoms with Gasteiger partial charge in [-0.05, 0) is 54.2 Å². The van der Waals surface area contributed by atoms with Gasteiger partial charge >= 0.3 is 0 Å². The topological polar surface area (TPSA) is 0 Å². The first-order valence-corrected chi connectivity index (χ1v) is 10.1. The summed E-state index contributed by atoms with van der Waals surface area (Å²) in [7, 11) is 0.541. The maximum absolute atomic E-state index is 2.45. The van der Waals surface area contributed by atoms with Crippen molar-refractivity contribution in [1.29, 1.82) is 0 Å². The first-order chi connectivity index (χ1) is 10.4. The standard InChI is InChI=1S/C20H27S/c1-2-3-4-5-8-17-9-10-19-16-20(12-11-18(19)15-17)21-13-6-7-14-21/h9-12,15-16H,2-8,13-14H2,1H3/q+1. The second-order valence-corrected chi connectivity index (χ2v) is 8.54. The summed E-state index contributed by atoms with van der Waals surface area (Å²) < 4.78 is 0. The molecule has 1 aliphatic heterocycles. The maximum atomic E-state index is 2.45. The van der Waals surface area contributed by atoms with Gasteiger partial charge in [0.2, 0.25) is 0 Å². The van der Waals surface area contributed by atoms with Crippen LogP contribution >= 0.6 is 0 Å². The number of aryl methyl sites for hydroxylation is 1. The molecular formula is C20H27S+. The summed E-state index contributed by atoms with van der Waals surface area (Å²) in [6.07, 6.45) is 9.50. The van der Waals surface area contributed by atoms with Crippen LogP contribution in [0.1, 0.15) is 51.0 Å². The van der Waals surface area contributed by atoms with Gasteiger partial charge < -0.3 is 0 Å². The molecule has 0 spiro atoms. The molecule has 21 heavy (non-hydrogen) atoms. The van der Waals surface area contributed by atoms with Gasteiger partial charge in [-0.3, -0.25) is 0 Å². The van der Waals surface area contributed by atoms with Crippen LogP contribution in [0.5, 0.6) is 0 Å². The van der Waals surface area contributed by atoms with Gasteiger partial charge in [-0.15, -0.1) is 0 Å². The first kappa shape index (κ1) is 15.0. The molecular weight excluding hydrogens is 272 g/mol. The van der Waals surface area contributed by atoms with Gasteiger partial charge in [-0.2, -0.15) is 0 Å². The van der Waals surface area contributed by atoms with E-state index in [1.54, 1.807) is 4.90 Å². The molecule has 0 amide bonds. The summed E-state index contributed by atoms with van der Waals surface area (Å²) >= 11 is 0. The highest BCUT2D eigenvalue weighted by atomic mass is 32.2. The quantitative estimate of drug-likeness (QED) is 0.472. The zero-order valence-electron chi connectivity index (χ0n) is 13.2. The van der Waals surface area contributed by atoms with Gasteiger partial charge in [0.25, 0.3) is 0 Å². The van der Waals surface area contributed by atoms with Crippen LogP contribution in [0, 0.1) is 0 Å². The molecule has 0 bridgehead atoms. The predicted octanol–water partition coefficient (Wildman–Crippen LogP) is 5.73. The third-order valence-electron chi connectivity index (χ3n) is 4.56. The van der Waals surface area contributed by atoms with Crippen molar-refractivity contribution >= 4 is 21.7 Å². The fraction of sp³-hybridized carbons (Fsp3) is 0.500. The van der Waals surface area contributed by atoms with Crippen LogP contribution in [0.2, 0.25) is 0 Å². The summed E-state index contributed by atoms with van der Waals surface area (Å²) in [5.41, 5.74) is 1.51. The van der Waals surface area contributed by atoms with E-state index in [1.807, 2.05) is 0 Å². The van der Waals surface area contributed by atoms with Crippen LogP contribution in [0.4, 0.5) is 0 Å². The molecule has 2 aromatic carbocycles. The predicted molar refractivity (Wildman–Crippen MR) is 96.4 cm³/mol. The average Bonchev–Trinajstić information content (AvgIpc) is 3.05. The van der Waals surface area contributed by atoms with Gasteiger partial charge in [-0.25, -0.2) is 0 Å². The Bertz CT molecular complexity index is 581. The fourth-order valence-corrected chi connectivity index (χ4v) is 5.59. The van der Waals surface area contributed by atoms with Gasteiger partial charge in [0.05, 0.1) is 0 Å². The Hall–Kier alpha value is -0.950. The smallest absolute Gasteiger partial charge is 0.0654 e. The Morgan fingerprint density at radius 1 is 0.857 bits per heavy atom. The van der Waals surface area contributed by atoms with Crippen molar-refractivity contribution in [2.24, 2.45) is 0 Å². The van der Waals surface area contributed by atoms with Crippen LogP contribution in [0.3, 0.4) is 0 Å². The molecule has 0 N–H and O–H groups in total. The molecule has 1 aliphatic rings. The largest absolute Gasteiger partial charge is 0.155 e. The van der Waals surface area contributed by atoms with Crippen molar-refractivity contribution in [3.05, 3.63) is 42.0 Å². The monoisotopic (exact) mass is 299 g/mol. The van der Waals surface area contributed by atoms with Crippen molar-refractivity contribution in [1.82, 2.24) is 0 Å². The Labute approximate surface area is 132 Å². The molecule has 0 aliphatic carbocycles. The van der Waals surface area contributed by atoms with Crippen molar-refractivity contribution in [2.75, 3.05) is 11.5 Å². The normalized spacial score (nSPS) is 15.9. The third-order valence-corrected chi connectivity index (χ3v) is 7.04. The van der Waals surface area contributed by atoms with Crippen molar-refractivity contribution in [2.45, 2.75) is 56.8 Å². The minimum absolute atomic E-state index is 0.541. The molecule has 1 heteroatoms. The van der Waals surface area contributed by atoms with Crippen LogP contribution in [0.25, 0.3) is 10.8 Å². The molecule has 3 rings (SSSR count). The highest BCUT2D eigenvalue weighted by Crippen LogP contribution is 2.27. The summed E-state index contributed by atoms with van der Waals surface area (Å²) in [6.45, 7) is 2.28. The van der Waals surface area contributed by atoms with Crippen LogP contribution in [-0.2, 0) is 17.3 Å². The maximum Gasteiger partial charge on any atom is 0.155 e. The molecule has 0 atom stereocenters. The number of hydrogen-bond acceptors (Lipinski definition) is 0. The van der Waals surface area contributed by atoms with E-state index in [2.05, 4.69) is 43.3 Å². The van der Waals surface area contributed by atoms with Crippen molar-refractivity contribution in [3.8, 4) is 0 Å². The van der Waals surface area contributed by atoms with E-state index in [0.29, 0.717) is 10.9 Å². The molecule has 0 unspecified atom stereocenters. The number of hydrogen-bond donors (Lipinski definition) is 0. The van der Waals surface area contributed by atoms with E-state index in [0.717, 1.165) is 0 Å². The zero-order chi connectivity index (χ0) is 14.5. The first-order valence-electron chi connectivity index (χ1n) is 8.57. The van der Waals surface area contributed by atoms with Gasteiger partial charge in [0.15, 0.2) is 4.90 Å². The molecule has 1 saturated heterocycles. The molecule has 1 fully saturated rings. The van der Waals surface area contributed by atoms with Crippen LogP contribution in [0.15, 0.2) is 41.3 Å². The summed E-state index contributed by atoms with van der Waals surface area (Å²) in [5, 5.41) is 2.86. The van der Waals surface area contributed by atoms with E-state index < -0.39 is 0 Å². The number of rotatable bonds is 6. The van der Waals surface area contributed by atoms with Gasteiger partial charge in [0, 0.05) is 17.0 Å². The number of benzene rings is 2. The highest BCUT2D eigenvalue weighted by molar-refractivity contribution is 7.97. The Morgan fingerprint density at radius 2 is 1.62 bits per heavy atom. The second-order valence-electron chi connectivity index (χ2n) is 6.26. The average molecular weight is 300 g/mol. The van der Waals surface area contributed by atoms with E-state index in [4.69, 9.17) is 0 Å². The second kappa shape index (κ2) is 7.35. The summed E-state index contributed by atoms with van der Waals surface area (Å²) in [6, 6.07) is 14.3. The Kier molecular flexibility index (Phi) is 5.24. The highest BCUT2D eigenvalue weighted by Gasteiger charge is 2.26. The van der Waals surface area contributed by atoms with E-state index in [9.17, 15) is 0 Å². The molecule has 0 saturated carbocycles. The van der Waals surface area contributed by atoms with Crippen molar-refractivity contribution < 1.29 is 0 Å². The molecule has 0 nitrogen and oxygen atoms in total. The lowest BCUT2D eigenvalue weighted by molar-refractivity contribution is 0.667.